The van der Waals surface area contributed by atoms with Gasteiger partial charge >= 0.3 is 5.97 Å². The second-order valence-electron chi connectivity index (χ2n) is 3.70. The van der Waals surface area contributed by atoms with Gasteiger partial charge in [-0.05, 0) is 40.5 Å². The first kappa shape index (κ1) is 12.5. The number of rotatable bonds is 3. The van der Waals surface area contributed by atoms with Gasteiger partial charge in [0.2, 0.25) is 10.0 Å². The van der Waals surface area contributed by atoms with Crippen LogP contribution in [0, 0.1) is 0 Å². The number of sulfonamides is 1. The number of benzene rings is 1. The zero-order chi connectivity index (χ0) is 12.6. The van der Waals surface area contributed by atoms with Crippen molar-refractivity contribution < 1.29 is 18.3 Å². The monoisotopic (exact) mass is 319 g/mol. The molecule has 0 unspecified atom stereocenters. The zero-order valence-corrected chi connectivity index (χ0v) is 11.2. The molecule has 1 aromatic rings. The number of carboxylic acids is 1. The van der Waals surface area contributed by atoms with Crippen molar-refractivity contribution >= 4 is 31.9 Å². The topological polar surface area (TPSA) is 74.7 Å². The highest BCUT2D eigenvalue weighted by Gasteiger charge is 2.30. The Morgan fingerprint density at radius 2 is 2.00 bits per heavy atom. The first-order valence-electron chi connectivity index (χ1n) is 4.96. The lowest BCUT2D eigenvalue weighted by Crippen LogP contribution is -2.41. The van der Waals surface area contributed by atoms with Gasteiger partial charge in [0.15, 0.2) is 0 Å². The van der Waals surface area contributed by atoms with Crippen molar-refractivity contribution in [2.45, 2.75) is 11.3 Å². The van der Waals surface area contributed by atoms with Crippen molar-refractivity contribution in [3.8, 4) is 0 Å². The lowest BCUT2D eigenvalue weighted by atomic mass is 10.2. The van der Waals surface area contributed by atoms with Gasteiger partial charge in [0.1, 0.15) is 0 Å². The highest BCUT2D eigenvalue weighted by Crippen LogP contribution is 2.25. The van der Waals surface area contributed by atoms with E-state index in [2.05, 4.69) is 15.9 Å². The first-order chi connectivity index (χ1) is 7.93. The molecule has 0 spiro atoms. The number of carboxylic acid groups (broad SMARTS) is 1. The summed E-state index contributed by atoms with van der Waals surface area (Å²) in [6.07, 6.45) is 0.849. The molecule has 1 saturated heterocycles. The van der Waals surface area contributed by atoms with Crippen molar-refractivity contribution in [3.63, 3.8) is 0 Å². The molecule has 5 nitrogen and oxygen atoms in total. The van der Waals surface area contributed by atoms with Crippen LogP contribution in [0.2, 0.25) is 0 Å². The fraction of sp³-hybridized carbons (Fsp3) is 0.300. The fourth-order valence-corrected chi connectivity index (χ4v) is 3.47. The first-order valence-corrected chi connectivity index (χ1v) is 7.19. The van der Waals surface area contributed by atoms with E-state index in [4.69, 9.17) is 5.11 Å². The quantitative estimate of drug-likeness (QED) is 0.917. The third-order valence-corrected chi connectivity index (χ3v) is 5.21. The second-order valence-corrected chi connectivity index (χ2v) is 6.50. The van der Waals surface area contributed by atoms with Crippen LogP contribution < -0.4 is 0 Å². The van der Waals surface area contributed by atoms with Gasteiger partial charge < -0.3 is 5.11 Å². The van der Waals surface area contributed by atoms with Gasteiger partial charge in [0.25, 0.3) is 0 Å². The molecule has 7 heteroatoms. The SMILES string of the molecule is O=C(O)c1cc(S(=O)(=O)N2CCC2)ccc1Br. The smallest absolute Gasteiger partial charge is 0.336 e. The van der Waals surface area contributed by atoms with Crippen LogP contribution in [0.4, 0.5) is 0 Å². The van der Waals surface area contributed by atoms with Crippen molar-refractivity contribution in [3.05, 3.63) is 28.2 Å². The van der Waals surface area contributed by atoms with E-state index in [9.17, 15) is 13.2 Å². The number of hydrogen-bond donors (Lipinski definition) is 1. The largest absolute Gasteiger partial charge is 0.478 e. The Balaban J connectivity index is 2.46. The average molecular weight is 320 g/mol. The molecule has 0 amide bonds. The zero-order valence-electron chi connectivity index (χ0n) is 8.76. The molecule has 0 radical (unpaired) electrons. The number of halogens is 1. The van der Waals surface area contributed by atoms with Crippen molar-refractivity contribution in [2.75, 3.05) is 13.1 Å². The maximum atomic E-state index is 12.0. The minimum Gasteiger partial charge on any atom is -0.478 e. The maximum absolute atomic E-state index is 12.0. The molecule has 1 N–H and O–H groups in total. The van der Waals surface area contributed by atoms with Crippen LogP contribution in [0.3, 0.4) is 0 Å². The summed E-state index contributed by atoms with van der Waals surface area (Å²) in [7, 11) is -3.53. The van der Waals surface area contributed by atoms with Crippen LogP contribution in [0.15, 0.2) is 27.6 Å². The predicted octanol–water partition coefficient (Wildman–Crippen LogP) is 1.54. The van der Waals surface area contributed by atoms with Gasteiger partial charge in [-0.2, -0.15) is 4.31 Å². The minimum absolute atomic E-state index is 0.0257. The van der Waals surface area contributed by atoms with E-state index in [0.717, 1.165) is 6.42 Å². The average Bonchev–Trinajstić information content (AvgIpc) is 2.13. The summed E-state index contributed by atoms with van der Waals surface area (Å²) >= 11 is 3.08. The predicted molar refractivity (Wildman–Crippen MR) is 64.5 cm³/mol. The number of aromatic carboxylic acids is 1. The van der Waals surface area contributed by atoms with Crippen LogP contribution in [0.1, 0.15) is 16.8 Å². The van der Waals surface area contributed by atoms with E-state index in [0.29, 0.717) is 17.6 Å². The fourth-order valence-electron chi connectivity index (χ4n) is 1.51. The summed E-state index contributed by atoms with van der Waals surface area (Å²) < 4.78 is 25.7. The number of nitrogens with zero attached hydrogens (tertiary/aromatic N) is 1. The lowest BCUT2D eigenvalue weighted by molar-refractivity contribution is 0.0695. The van der Waals surface area contributed by atoms with Gasteiger partial charge in [0, 0.05) is 17.6 Å². The summed E-state index contributed by atoms with van der Waals surface area (Å²) in [5.74, 6) is -1.16. The molecule has 1 aliphatic rings. The summed E-state index contributed by atoms with van der Waals surface area (Å²) in [6, 6.07) is 4.03. The molecule has 92 valence electrons. The van der Waals surface area contributed by atoms with E-state index < -0.39 is 16.0 Å². The molecule has 0 aliphatic carbocycles. The van der Waals surface area contributed by atoms with E-state index in [-0.39, 0.29) is 10.5 Å². The molecule has 0 aromatic heterocycles. The Morgan fingerprint density at radius 1 is 1.35 bits per heavy atom. The summed E-state index contributed by atoms with van der Waals surface area (Å²) in [4.78, 5) is 10.9. The second kappa shape index (κ2) is 4.40. The Kier molecular flexibility index (Phi) is 3.24. The van der Waals surface area contributed by atoms with Crippen molar-refractivity contribution in [2.24, 2.45) is 0 Å². The van der Waals surface area contributed by atoms with Crippen LogP contribution in [-0.2, 0) is 10.0 Å². The van der Waals surface area contributed by atoms with Crippen LogP contribution >= 0.6 is 15.9 Å². The van der Waals surface area contributed by atoms with E-state index in [1.165, 1.54) is 22.5 Å². The van der Waals surface area contributed by atoms with Gasteiger partial charge in [-0.15, -0.1) is 0 Å². The number of carbonyl (C=O) groups is 1. The van der Waals surface area contributed by atoms with Crippen LogP contribution in [0.25, 0.3) is 0 Å². The molecule has 1 aromatic carbocycles. The molecule has 0 atom stereocenters. The highest BCUT2D eigenvalue weighted by atomic mass is 79.9. The third-order valence-electron chi connectivity index (χ3n) is 2.62. The Labute approximate surface area is 107 Å². The van der Waals surface area contributed by atoms with Gasteiger partial charge in [0.05, 0.1) is 10.5 Å². The van der Waals surface area contributed by atoms with E-state index in [1.807, 2.05) is 0 Å². The normalized spacial score (nSPS) is 16.5. The Bertz CT molecular complexity index is 566. The molecule has 0 bridgehead atoms. The van der Waals surface area contributed by atoms with Crippen molar-refractivity contribution in [1.29, 1.82) is 0 Å². The molecule has 1 heterocycles. The molecular weight excluding hydrogens is 310 g/mol. The maximum Gasteiger partial charge on any atom is 0.336 e. The Hall–Kier alpha value is -0.920. The highest BCUT2D eigenvalue weighted by molar-refractivity contribution is 9.10. The molecular formula is C10H10BrNO4S. The molecule has 1 aliphatic heterocycles. The van der Waals surface area contributed by atoms with Crippen LogP contribution in [0.5, 0.6) is 0 Å². The van der Waals surface area contributed by atoms with E-state index >= 15 is 0 Å². The molecule has 17 heavy (non-hydrogen) atoms. The van der Waals surface area contributed by atoms with Gasteiger partial charge in [-0.3, -0.25) is 0 Å². The molecule has 0 saturated carbocycles. The van der Waals surface area contributed by atoms with E-state index in [1.54, 1.807) is 0 Å². The third kappa shape index (κ3) is 2.22. The number of hydrogen-bond acceptors (Lipinski definition) is 3. The summed E-state index contributed by atoms with van der Waals surface area (Å²) in [5.41, 5.74) is -0.0494. The summed E-state index contributed by atoms with van der Waals surface area (Å²) in [5, 5.41) is 8.93. The van der Waals surface area contributed by atoms with Gasteiger partial charge in [-0.1, -0.05) is 0 Å². The van der Waals surface area contributed by atoms with Crippen molar-refractivity contribution in [1.82, 2.24) is 4.31 Å². The minimum atomic E-state index is -3.53. The molecule has 1 fully saturated rings. The molecule has 2 rings (SSSR count). The summed E-state index contributed by atoms with van der Waals surface area (Å²) in [6.45, 7) is 1.00. The van der Waals surface area contributed by atoms with Crippen LogP contribution in [-0.4, -0.2) is 36.9 Å². The van der Waals surface area contributed by atoms with Gasteiger partial charge in [-0.25, -0.2) is 13.2 Å². The standard InChI is InChI=1S/C10H10BrNO4S/c11-9-3-2-7(6-8(9)10(13)14)17(15,16)12-4-1-5-12/h2-3,6H,1,4-5H2,(H,13,14). The Morgan fingerprint density at radius 3 is 2.47 bits per heavy atom. The lowest BCUT2D eigenvalue weighted by Gasteiger charge is -2.29.